The summed E-state index contributed by atoms with van der Waals surface area (Å²) in [4.78, 5) is 13.5. The van der Waals surface area contributed by atoms with E-state index < -0.39 is 12.6 Å². The van der Waals surface area contributed by atoms with Crippen LogP contribution in [0.2, 0.25) is 0 Å². The number of hydrogen-bond donors (Lipinski definition) is 0. The van der Waals surface area contributed by atoms with Gasteiger partial charge in [-0.1, -0.05) is 12.1 Å². The van der Waals surface area contributed by atoms with Gasteiger partial charge < -0.3 is 13.9 Å². The summed E-state index contributed by atoms with van der Waals surface area (Å²) < 4.78 is 38.3. The summed E-state index contributed by atoms with van der Waals surface area (Å²) in [5.41, 5.74) is 1.65. The number of alkyl halides is 2. The van der Waals surface area contributed by atoms with E-state index in [0.717, 1.165) is 11.1 Å². The van der Waals surface area contributed by atoms with Gasteiger partial charge in [0.25, 0.3) is 0 Å². The molecule has 0 saturated heterocycles. The molecule has 0 aliphatic rings. The number of ether oxygens (including phenoxy) is 2. The third-order valence-corrected chi connectivity index (χ3v) is 3.16. The van der Waals surface area contributed by atoms with E-state index in [2.05, 4.69) is 9.47 Å². The fourth-order valence-electron chi connectivity index (χ4n) is 2.17. The van der Waals surface area contributed by atoms with Crippen LogP contribution in [-0.2, 0) is 17.8 Å². The monoisotopic (exact) mass is 325 g/mol. The Bertz CT molecular complexity index is 640. The van der Waals surface area contributed by atoms with Crippen LogP contribution in [0.15, 0.2) is 41.0 Å². The lowest BCUT2D eigenvalue weighted by Gasteiger charge is -2.16. The van der Waals surface area contributed by atoms with Gasteiger partial charge in [-0.05, 0) is 30.8 Å². The van der Waals surface area contributed by atoms with Gasteiger partial charge in [-0.15, -0.1) is 0 Å². The number of carbonyl (C=O) groups is 1. The minimum atomic E-state index is -2.83. The number of hydrogen-bond acceptors (Lipinski definition) is 5. The first-order chi connectivity index (χ1) is 11.0. The molecule has 1 aromatic carbocycles. The summed E-state index contributed by atoms with van der Waals surface area (Å²) in [6.45, 7) is -1.78. The van der Waals surface area contributed by atoms with Gasteiger partial charge in [-0.3, -0.25) is 4.90 Å². The number of benzene rings is 1. The highest BCUT2D eigenvalue weighted by atomic mass is 19.3. The topological polar surface area (TPSA) is 51.9 Å². The zero-order valence-electron chi connectivity index (χ0n) is 12.8. The molecule has 0 unspecified atom stereocenters. The van der Waals surface area contributed by atoms with Gasteiger partial charge in [0.05, 0.1) is 13.4 Å². The van der Waals surface area contributed by atoms with Gasteiger partial charge in [0.15, 0.2) is 0 Å². The molecule has 0 saturated carbocycles. The van der Waals surface area contributed by atoms with Gasteiger partial charge in [-0.2, -0.15) is 8.78 Å². The number of esters is 1. The van der Waals surface area contributed by atoms with Crippen molar-refractivity contribution in [3.8, 4) is 5.75 Å². The molecule has 124 valence electrons. The van der Waals surface area contributed by atoms with Gasteiger partial charge in [0.1, 0.15) is 5.75 Å². The summed E-state index contributed by atoms with van der Waals surface area (Å²) in [5.74, 6) is -0.221. The molecule has 0 radical (unpaired) electrons. The average molecular weight is 325 g/mol. The SMILES string of the molecule is COC(=O)c1occc1CN(C)Cc1ccc(OC(F)F)cc1. The zero-order chi connectivity index (χ0) is 16.8. The summed E-state index contributed by atoms with van der Waals surface area (Å²) in [6.07, 6.45) is 1.44. The van der Waals surface area contributed by atoms with E-state index in [1.165, 1.54) is 25.5 Å². The smallest absolute Gasteiger partial charge is 0.387 e. The van der Waals surface area contributed by atoms with E-state index >= 15 is 0 Å². The van der Waals surface area contributed by atoms with Gasteiger partial charge in [0.2, 0.25) is 5.76 Å². The van der Waals surface area contributed by atoms with E-state index in [1.54, 1.807) is 18.2 Å². The molecule has 0 spiro atoms. The lowest BCUT2D eigenvalue weighted by Crippen LogP contribution is -2.18. The molecule has 1 heterocycles. The third-order valence-electron chi connectivity index (χ3n) is 3.16. The maximum Gasteiger partial charge on any atom is 0.387 e. The fourth-order valence-corrected chi connectivity index (χ4v) is 2.17. The van der Waals surface area contributed by atoms with Gasteiger partial charge >= 0.3 is 12.6 Å². The lowest BCUT2D eigenvalue weighted by atomic mass is 10.2. The highest BCUT2D eigenvalue weighted by Crippen LogP contribution is 2.18. The van der Waals surface area contributed by atoms with Crippen molar-refractivity contribution in [1.29, 1.82) is 0 Å². The van der Waals surface area contributed by atoms with Crippen molar-refractivity contribution in [2.45, 2.75) is 19.7 Å². The van der Waals surface area contributed by atoms with Crippen LogP contribution in [0, 0.1) is 0 Å². The molecule has 5 nitrogen and oxygen atoms in total. The molecule has 1 aromatic heterocycles. The largest absolute Gasteiger partial charge is 0.463 e. The number of methoxy groups -OCH3 is 1. The van der Waals surface area contributed by atoms with E-state index in [-0.39, 0.29) is 11.5 Å². The summed E-state index contributed by atoms with van der Waals surface area (Å²) in [6, 6.07) is 8.12. The minimum absolute atomic E-state index is 0.120. The first kappa shape index (κ1) is 17.0. The molecule has 0 aliphatic heterocycles. The van der Waals surface area contributed by atoms with E-state index in [0.29, 0.717) is 13.1 Å². The first-order valence-electron chi connectivity index (χ1n) is 6.86. The molecular weight excluding hydrogens is 308 g/mol. The Morgan fingerprint density at radius 1 is 1.22 bits per heavy atom. The van der Waals surface area contributed by atoms with Crippen LogP contribution in [0.3, 0.4) is 0 Å². The van der Waals surface area contributed by atoms with E-state index in [1.807, 2.05) is 11.9 Å². The summed E-state index contributed by atoms with van der Waals surface area (Å²) in [7, 11) is 3.17. The molecule has 0 atom stereocenters. The Labute approximate surface area is 132 Å². The molecule has 2 rings (SSSR count). The van der Waals surface area contributed by atoms with Crippen LogP contribution in [0.4, 0.5) is 8.78 Å². The highest BCUT2D eigenvalue weighted by Gasteiger charge is 2.17. The van der Waals surface area contributed by atoms with E-state index in [9.17, 15) is 13.6 Å². The Morgan fingerprint density at radius 3 is 2.52 bits per heavy atom. The molecular formula is C16H17F2NO4. The third kappa shape index (κ3) is 4.79. The zero-order valence-corrected chi connectivity index (χ0v) is 12.8. The van der Waals surface area contributed by atoms with Crippen molar-refractivity contribution < 1.29 is 27.5 Å². The predicted octanol–water partition coefficient (Wildman–Crippen LogP) is 3.30. The molecule has 23 heavy (non-hydrogen) atoms. The van der Waals surface area contributed by atoms with Crippen LogP contribution in [-0.4, -0.2) is 31.6 Å². The van der Waals surface area contributed by atoms with Crippen molar-refractivity contribution in [2.24, 2.45) is 0 Å². The van der Waals surface area contributed by atoms with Crippen LogP contribution >= 0.6 is 0 Å². The molecule has 0 bridgehead atoms. The van der Waals surface area contributed by atoms with Crippen molar-refractivity contribution in [2.75, 3.05) is 14.2 Å². The second kappa shape index (κ2) is 7.73. The number of halogens is 2. The Balaban J connectivity index is 1.96. The van der Waals surface area contributed by atoms with Crippen molar-refractivity contribution in [3.05, 3.63) is 53.5 Å². The second-order valence-corrected chi connectivity index (χ2v) is 4.96. The van der Waals surface area contributed by atoms with Crippen molar-refractivity contribution >= 4 is 5.97 Å². The number of carbonyl (C=O) groups excluding carboxylic acids is 1. The maximum absolute atomic E-state index is 12.1. The van der Waals surface area contributed by atoms with Crippen molar-refractivity contribution in [1.82, 2.24) is 4.90 Å². The normalized spacial score (nSPS) is 11.0. The minimum Gasteiger partial charge on any atom is -0.463 e. The molecule has 0 fully saturated rings. The molecule has 0 N–H and O–H groups in total. The Kier molecular flexibility index (Phi) is 5.70. The summed E-state index contributed by atoms with van der Waals surface area (Å²) >= 11 is 0. The lowest BCUT2D eigenvalue weighted by molar-refractivity contribution is -0.0498. The molecule has 7 heteroatoms. The quantitative estimate of drug-likeness (QED) is 0.731. The number of rotatable bonds is 7. The van der Waals surface area contributed by atoms with Gasteiger partial charge in [-0.25, -0.2) is 4.79 Å². The first-order valence-corrected chi connectivity index (χ1v) is 6.86. The van der Waals surface area contributed by atoms with Crippen LogP contribution < -0.4 is 4.74 Å². The predicted molar refractivity (Wildman–Crippen MR) is 78.3 cm³/mol. The Morgan fingerprint density at radius 2 is 1.91 bits per heavy atom. The fraction of sp³-hybridized carbons (Fsp3) is 0.312. The maximum atomic E-state index is 12.1. The highest BCUT2D eigenvalue weighted by molar-refractivity contribution is 5.87. The number of furan rings is 1. The molecule has 2 aromatic rings. The van der Waals surface area contributed by atoms with Crippen LogP contribution in [0.5, 0.6) is 5.75 Å². The molecule has 0 aliphatic carbocycles. The van der Waals surface area contributed by atoms with Crippen LogP contribution in [0.1, 0.15) is 21.7 Å². The van der Waals surface area contributed by atoms with Crippen molar-refractivity contribution in [3.63, 3.8) is 0 Å². The van der Waals surface area contributed by atoms with Gasteiger partial charge in [0, 0.05) is 18.7 Å². The summed E-state index contributed by atoms with van der Waals surface area (Å²) in [5, 5.41) is 0. The standard InChI is InChI=1S/C16H17F2NO4/c1-19(10-12-7-8-22-14(12)15(20)21-2)9-11-3-5-13(6-4-11)23-16(17)18/h3-8,16H,9-10H2,1-2H3. The average Bonchev–Trinajstić information content (AvgIpc) is 2.96. The second-order valence-electron chi connectivity index (χ2n) is 4.96. The Hall–Kier alpha value is -2.41. The van der Waals surface area contributed by atoms with E-state index in [4.69, 9.17) is 4.42 Å². The number of nitrogens with zero attached hydrogens (tertiary/aromatic N) is 1. The van der Waals surface area contributed by atoms with Crippen LogP contribution in [0.25, 0.3) is 0 Å². The molecule has 0 amide bonds.